The Labute approximate surface area is 186 Å². The highest BCUT2D eigenvalue weighted by Gasteiger charge is 2.44. The van der Waals surface area contributed by atoms with Crippen LogP contribution in [0.15, 0.2) is 72.8 Å². The number of benzene rings is 4. The maximum atomic E-state index is 11.7. The molecule has 1 heterocycles. The molecule has 0 fully saturated rings. The van der Waals surface area contributed by atoms with Crippen LogP contribution in [-0.4, -0.2) is 11.1 Å². The first-order chi connectivity index (χ1) is 15.7. The van der Waals surface area contributed by atoms with Crippen molar-refractivity contribution in [3.05, 3.63) is 112 Å². The van der Waals surface area contributed by atoms with E-state index in [9.17, 15) is 9.90 Å². The number of hydrogen-bond acceptors (Lipinski definition) is 2. The Balaban J connectivity index is 1.45. The Morgan fingerprint density at radius 1 is 0.812 bits per heavy atom. The van der Waals surface area contributed by atoms with Crippen LogP contribution in [0.3, 0.4) is 0 Å². The van der Waals surface area contributed by atoms with E-state index in [2.05, 4.69) is 59.9 Å². The van der Waals surface area contributed by atoms with Gasteiger partial charge in [0.2, 0.25) is 0 Å². The average Bonchev–Trinajstić information content (AvgIpc) is 3.42. The summed E-state index contributed by atoms with van der Waals surface area (Å²) >= 11 is 0. The zero-order valence-corrected chi connectivity index (χ0v) is 17.6. The molecular formula is C29H23NO2. The molecule has 0 aromatic heterocycles. The first-order valence-electron chi connectivity index (χ1n) is 11.4. The van der Waals surface area contributed by atoms with Gasteiger partial charge in [-0.25, -0.2) is 4.79 Å². The molecule has 0 saturated carbocycles. The number of aryl methyl sites for hydroxylation is 2. The monoisotopic (exact) mass is 417 g/mol. The van der Waals surface area contributed by atoms with E-state index in [0.29, 0.717) is 11.5 Å². The molecule has 2 aliphatic carbocycles. The number of rotatable bonds is 2. The Morgan fingerprint density at radius 3 is 2.50 bits per heavy atom. The van der Waals surface area contributed by atoms with Gasteiger partial charge in [-0.05, 0) is 87.5 Å². The van der Waals surface area contributed by atoms with E-state index in [1.54, 1.807) is 6.07 Å². The summed E-state index contributed by atoms with van der Waals surface area (Å²) in [5, 5.41) is 16.3. The van der Waals surface area contributed by atoms with E-state index in [-0.39, 0.29) is 12.0 Å². The van der Waals surface area contributed by atoms with Crippen molar-refractivity contribution in [3.8, 4) is 0 Å². The van der Waals surface area contributed by atoms with Crippen molar-refractivity contribution < 1.29 is 9.90 Å². The molecule has 0 unspecified atom stereocenters. The summed E-state index contributed by atoms with van der Waals surface area (Å²) in [6.07, 6.45) is 3.26. The van der Waals surface area contributed by atoms with Crippen LogP contribution in [0.5, 0.6) is 0 Å². The largest absolute Gasteiger partial charge is 0.478 e. The van der Waals surface area contributed by atoms with Gasteiger partial charge in [0.25, 0.3) is 0 Å². The summed E-state index contributed by atoms with van der Waals surface area (Å²) in [6.45, 7) is 0. The number of nitrogens with one attached hydrogen (secondary N) is 1. The normalized spacial score (nSPS) is 22.2. The van der Waals surface area contributed by atoms with Crippen LogP contribution in [-0.2, 0) is 19.3 Å². The van der Waals surface area contributed by atoms with Crippen LogP contribution >= 0.6 is 0 Å². The Bertz CT molecular complexity index is 1430. The standard InChI is InChI=1S/C29H23NO2/c31-29(32)19-11-13-25-23(15-19)27-20-6-2-1-4-18(20)14-24(27)28(30-25)22-12-10-17-9-8-16-5-3-7-21(22)26(16)17/h1-7,10-13,15,24,27-28,30H,8-9,14H2,(H,31,32)/t24-,27-,28+/m0/s1. The second-order valence-corrected chi connectivity index (χ2v) is 9.43. The summed E-state index contributed by atoms with van der Waals surface area (Å²) in [6, 6.07) is 25.9. The van der Waals surface area contributed by atoms with Crippen molar-refractivity contribution >= 4 is 22.4 Å². The molecule has 0 saturated heterocycles. The highest BCUT2D eigenvalue weighted by molar-refractivity contribution is 5.94. The molecule has 1 aliphatic heterocycles. The molecule has 3 heteroatoms. The molecule has 0 amide bonds. The fourth-order valence-electron chi connectivity index (χ4n) is 6.54. The van der Waals surface area contributed by atoms with Gasteiger partial charge < -0.3 is 10.4 Å². The van der Waals surface area contributed by atoms with Crippen LogP contribution in [0.2, 0.25) is 0 Å². The molecular weight excluding hydrogens is 394 g/mol. The maximum absolute atomic E-state index is 11.7. The number of anilines is 1. The highest BCUT2D eigenvalue weighted by Crippen LogP contribution is 2.55. The Morgan fingerprint density at radius 2 is 1.62 bits per heavy atom. The summed E-state index contributed by atoms with van der Waals surface area (Å²) in [7, 11) is 0. The number of fused-ring (bicyclic) bond motifs is 5. The number of carboxylic acids is 1. The van der Waals surface area contributed by atoms with Crippen LogP contribution in [0.4, 0.5) is 5.69 Å². The van der Waals surface area contributed by atoms with Crippen molar-refractivity contribution in [2.75, 3.05) is 5.32 Å². The summed E-state index contributed by atoms with van der Waals surface area (Å²) in [5.74, 6) is -0.317. The first kappa shape index (κ1) is 18.0. The smallest absolute Gasteiger partial charge is 0.335 e. The van der Waals surface area contributed by atoms with E-state index in [1.807, 2.05) is 12.1 Å². The van der Waals surface area contributed by atoms with Crippen molar-refractivity contribution in [2.45, 2.75) is 31.2 Å². The molecule has 3 aliphatic rings. The third-order valence-electron chi connectivity index (χ3n) is 7.89. The van der Waals surface area contributed by atoms with E-state index in [1.165, 1.54) is 38.6 Å². The highest BCUT2D eigenvalue weighted by atomic mass is 16.4. The van der Waals surface area contributed by atoms with Gasteiger partial charge in [-0.15, -0.1) is 0 Å². The van der Waals surface area contributed by atoms with Gasteiger partial charge in [0.15, 0.2) is 0 Å². The van der Waals surface area contributed by atoms with Gasteiger partial charge in [-0.1, -0.05) is 54.6 Å². The average molecular weight is 418 g/mol. The van der Waals surface area contributed by atoms with Crippen LogP contribution in [0.25, 0.3) is 10.8 Å². The molecule has 0 spiro atoms. The van der Waals surface area contributed by atoms with Gasteiger partial charge in [0.1, 0.15) is 0 Å². The summed E-state index contributed by atoms with van der Waals surface area (Å²) in [4.78, 5) is 11.7. The van der Waals surface area contributed by atoms with Gasteiger partial charge in [-0.3, -0.25) is 0 Å². The molecule has 2 N–H and O–H groups in total. The van der Waals surface area contributed by atoms with Crippen molar-refractivity contribution in [1.29, 1.82) is 0 Å². The lowest BCUT2D eigenvalue weighted by Gasteiger charge is -2.38. The second kappa shape index (κ2) is 6.46. The van der Waals surface area contributed by atoms with Gasteiger partial charge >= 0.3 is 5.97 Å². The minimum atomic E-state index is -0.870. The maximum Gasteiger partial charge on any atom is 0.335 e. The van der Waals surface area contributed by atoms with E-state index in [0.717, 1.165) is 30.5 Å². The van der Waals surface area contributed by atoms with Gasteiger partial charge in [0, 0.05) is 11.6 Å². The van der Waals surface area contributed by atoms with Crippen LogP contribution in [0.1, 0.15) is 55.7 Å². The van der Waals surface area contributed by atoms with Gasteiger partial charge in [-0.2, -0.15) is 0 Å². The van der Waals surface area contributed by atoms with Crippen LogP contribution in [0, 0.1) is 5.92 Å². The molecule has 32 heavy (non-hydrogen) atoms. The topological polar surface area (TPSA) is 49.3 Å². The third-order valence-corrected chi connectivity index (χ3v) is 7.89. The quantitative estimate of drug-likeness (QED) is 0.414. The fourth-order valence-corrected chi connectivity index (χ4v) is 6.54. The number of carbonyl (C=O) groups is 1. The lowest BCUT2D eigenvalue weighted by atomic mass is 9.74. The molecule has 3 atom stereocenters. The minimum Gasteiger partial charge on any atom is -0.478 e. The number of carboxylic acid groups (broad SMARTS) is 1. The lowest BCUT2D eigenvalue weighted by Crippen LogP contribution is -2.30. The minimum absolute atomic E-state index is 0.181. The molecule has 0 bridgehead atoms. The summed E-state index contributed by atoms with van der Waals surface area (Å²) in [5.41, 5.74) is 9.55. The molecule has 156 valence electrons. The second-order valence-electron chi connectivity index (χ2n) is 9.43. The Kier molecular flexibility index (Phi) is 3.64. The molecule has 0 radical (unpaired) electrons. The molecule has 4 aromatic carbocycles. The molecule has 4 aromatic rings. The first-order valence-corrected chi connectivity index (χ1v) is 11.4. The predicted molar refractivity (Wildman–Crippen MR) is 127 cm³/mol. The summed E-state index contributed by atoms with van der Waals surface area (Å²) < 4.78 is 0. The van der Waals surface area contributed by atoms with Gasteiger partial charge in [0.05, 0.1) is 11.6 Å². The van der Waals surface area contributed by atoms with Crippen LogP contribution < -0.4 is 5.32 Å². The van der Waals surface area contributed by atoms with E-state index in [4.69, 9.17) is 0 Å². The zero-order chi connectivity index (χ0) is 21.4. The van der Waals surface area contributed by atoms with E-state index < -0.39 is 5.97 Å². The molecule has 7 rings (SSSR count). The number of aromatic carboxylic acids is 1. The Hall–Kier alpha value is -3.59. The molecule has 3 nitrogen and oxygen atoms in total. The van der Waals surface area contributed by atoms with E-state index >= 15 is 0 Å². The van der Waals surface area contributed by atoms with Crippen molar-refractivity contribution in [1.82, 2.24) is 0 Å². The SMILES string of the molecule is O=C(O)c1ccc2c(c1)[C@@H]1c3ccccc3C[C@@H]1[C@@H](c1ccc3c4c(cccc14)CC3)N2. The lowest BCUT2D eigenvalue weighted by molar-refractivity contribution is 0.0696. The number of hydrogen-bond donors (Lipinski definition) is 2. The zero-order valence-electron chi connectivity index (χ0n) is 17.6. The fraction of sp³-hybridized carbons (Fsp3) is 0.207. The third kappa shape index (κ3) is 2.39. The van der Waals surface area contributed by atoms with Crippen molar-refractivity contribution in [3.63, 3.8) is 0 Å². The van der Waals surface area contributed by atoms with Crippen molar-refractivity contribution in [2.24, 2.45) is 5.92 Å². The predicted octanol–water partition coefficient (Wildman–Crippen LogP) is 6.11.